The first-order valence-corrected chi connectivity index (χ1v) is 15.8. The highest BCUT2D eigenvalue weighted by Crippen LogP contribution is 2.25. The van der Waals surface area contributed by atoms with E-state index in [9.17, 15) is 26.4 Å². The quantitative estimate of drug-likeness (QED) is 0.267. The van der Waals surface area contributed by atoms with E-state index in [1.165, 1.54) is 24.3 Å². The average molecular weight is 593 g/mol. The molecule has 4 aromatic rings. The lowest BCUT2D eigenvalue weighted by Gasteiger charge is -2.10. The lowest BCUT2D eigenvalue weighted by atomic mass is 10.2. The molecule has 0 atom stereocenters. The van der Waals surface area contributed by atoms with Crippen LogP contribution in [0.25, 0.3) is 0 Å². The Morgan fingerprint density at radius 2 is 0.854 bits per heavy atom. The number of carbonyl (C=O) groups excluding carboxylic acids is 2. The number of carbonyl (C=O) groups is 2. The third kappa shape index (κ3) is 8.26. The first-order valence-electron chi connectivity index (χ1n) is 12.5. The summed E-state index contributed by atoms with van der Waals surface area (Å²) in [5.41, 5.74) is 2.64. The topological polar surface area (TPSA) is 136 Å². The Bertz CT molecular complexity index is 1620. The van der Waals surface area contributed by atoms with Crippen LogP contribution in [0.2, 0.25) is 0 Å². The van der Waals surface area contributed by atoms with Gasteiger partial charge in [-0.2, -0.15) is 0 Å². The molecular weight excluding hydrogens is 564 g/mol. The van der Waals surface area contributed by atoms with E-state index in [-0.39, 0.29) is 9.79 Å². The predicted octanol–water partition coefficient (Wildman–Crippen LogP) is 4.92. The minimum absolute atomic E-state index is 0.0832. The first-order chi connectivity index (χ1) is 19.4. The summed E-state index contributed by atoms with van der Waals surface area (Å²) in [6.45, 7) is 3.69. The normalized spacial score (nSPS) is 11.5. The molecule has 0 unspecified atom stereocenters. The molecule has 2 amide bonds. The van der Waals surface area contributed by atoms with Crippen LogP contribution in [0.3, 0.4) is 0 Å². The van der Waals surface area contributed by atoms with E-state index >= 15 is 0 Å². The van der Waals surface area contributed by atoms with Gasteiger partial charge in [-0.1, -0.05) is 35.4 Å². The monoisotopic (exact) mass is 592 g/mol. The molecule has 0 spiro atoms. The molecule has 0 bridgehead atoms. The Kier molecular flexibility index (Phi) is 8.89. The van der Waals surface area contributed by atoms with E-state index in [0.29, 0.717) is 22.9 Å². The Hall–Kier alpha value is -4.48. The molecule has 0 fully saturated rings. The lowest BCUT2D eigenvalue weighted by molar-refractivity contribution is -0.114. The van der Waals surface area contributed by atoms with Crippen molar-refractivity contribution in [3.05, 3.63) is 108 Å². The van der Waals surface area contributed by atoms with Gasteiger partial charge in [-0.05, 0) is 86.6 Å². The number of amides is 2. The molecular formula is C30H28N2O7S2. The molecule has 4 rings (SSSR count). The third-order valence-electron chi connectivity index (χ3n) is 5.91. The van der Waals surface area contributed by atoms with E-state index in [0.717, 1.165) is 11.1 Å². The van der Waals surface area contributed by atoms with Gasteiger partial charge in [0.05, 0.1) is 9.79 Å². The van der Waals surface area contributed by atoms with E-state index in [4.69, 9.17) is 4.74 Å². The Morgan fingerprint density at radius 1 is 0.537 bits per heavy atom. The zero-order valence-corrected chi connectivity index (χ0v) is 24.0. The van der Waals surface area contributed by atoms with Crippen LogP contribution in [0.1, 0.15) is 11.1 Å². The summed E-state index contributed by atoms with van der Waals surface area (Å²) in [5, 5.41) is 5.14. The number of anilines is 2. The van der Waals surface area contributed by atoms with Gasteiger partial charge in [0.15, 0.2) is 19.7 Å². The maximum absolute atomic E-state index is 12.5. The van der Waals surface area contributed by atoms with Crippen LogP contribution >= 0.6 is 0 Å². The number of aryl methyl sites for hydroxylation is 2. The van der Waals surface area contributed by atoms with Crippen LogP contribution in [-0.2, 0) is 29.3 Å². The van der Waals surface area contributed by atoms with Crippen molar-refractivity contribution >= 4 is 42.9 Å². The fourth-order valence-corrected chi connectivity index (χ4v) is 6.02. The fourth-order valence-electron chi connectivity index (χ4n) is 3.75. The second kappa shape index (κ2) is 12.4. The zero-order valence-electron chi connectivity index (χ0n) is 22.3. The van der Waals surface area contributed by atoms with Gasteiger partial charge < -0.3 is 15.4 Å². The second-order valence-corrected chi connectivity index (χ2v) is 13.4. The molecule has 0 heterocycles. The number of hydrogen-bond donors (Lipinski definition) is 2. The largest absolute Gasteiger partial charge is 0.457 e. The molecule has 2 N–H and O–H groups in total. The molecule has 41 heavy (non-hydrogen) atoms. The molecule has 11 heteroatoms. The predicted molar refractivity (Wildman–Crippen MR) is 157 cm³/mol. The molecule has 4 aromatic carbocycles. The van der Waals surface area contributed by atoms with Crippen molar-refractivity contribution in [2.45, 2.75) is 23.6 Å². The Labute approximate surface area is 239 Å². The number of hydrogen-bond acceptors (Lipinski definition) is 7. The molecule has 0 aromatic heterocycles. The van der Waals surface area contributed by atoms with Crippen molar-refractivity contribution in [1.29, 1.82) is 0 Å². The van der Waals surface area contributed by atoms with E-state index in [2.05, 4.69) is 10.6 Å². The maximum atomic E-state index is 12.5. The summed E-state index contributed by atoms with van der Waals surface area (Å²) in [5.74, 6) is -1.79. The highest BCUT2D eigenvalue weighted by Gasteiger charge is 2.20. The van der Waals surface area contributed by atoms with Gasteiger partial charge in [0.1, 0.15) is 23.0 Å². The summed E-state index contributed by atoms with van der Waals surface area (Å²) in [7, 11) is -7.55. The van der Waals surface area contributed by atoms with Crippen LogP contribution in [0.5, 0.6) is 11.5 Å². The summed E-state index contributed by atoms with van der Waals surface area (Å²) < 4.78 is 55.7. The number of nitrogens with one attached hydrogen (secondary N) is 2. The van der Waals surface area contributed by atoms with Crippen LogP contribution in [0.15, 0.2) is 107 Å². The van der Waals surface area contributed by atoms with Crippen molar-refractivity contribution in [2.24, 2.45) is 0 Å². The molecule has 212 valence electrons. The number of benzene rings is 4. The van der Waals surface area contributed by atoms with Crippen molar-refractivity contribution in [1.82, 2.24) is 0 Å². The van der Waals surface area contributed by atoms with Crippen molar-refractivity contribution in [2.75, 3.05) is 22.1 Å². The minimum atomic E-state index is -3.77. The Balaban J connectivity index is 1.29. The highest BCUT2D eigenvalue weighted by atomic mass is 32.2. The van der Waals surface area contributed by atoms with E-state index in [1.54, 1.807) is 72.8 Å². The van der Waals surface area contributed by atoms with Crippen molar-refractivity contribution < 1.29 is 31.2 Å². The van der Waals surface area contributed by atoms with Crippen LogP contribution < -0.4 is 15.4 Å². The average Bonchev–Trinajstić information content (AvgIpc) is 2.91. The number of ether oxygens (including phenoxy) is 1. The summed E-state index contributed by atoms with van der Waals surface area (Å²) in [6.07, 6.45) is 0. The third-order valence-corrected chi connectivity index (χ3v) is 9.18. The van der Waals surface area contributed by atoms with Gasteiger partial charge in [0.2, 0.25) is 11.8 Å². The van der Waals surface area contributed by atoms with Crippen molar-refractivity contribution in [3.63, 3.8) is 0 Å². The lowest BCUT2D eigenvalue weighted by Crippen LogP contribution is -2.23. The first kappa shape index (κ1) is 29.5. The maximum Gasteiger partial charge on any atom is 0.239 e. The molecule has 0 aliphatic carbocycles. The minimum Gasteiger partial charge on any atom is -0.457 e. The Morgan fingerprint density at radius 3 is 1.17 bits per heavy atom. The van der Waals surface area contributed by atoms with Gasteiger partial charge in [-0.25, -0.2) is 16.8 Å². The molecule has 9 nitrogen and oxygen atoms in total. The van der Waals surface area contributed by atoms with E-state index < -0.39 is 43.0 Å². The van der Waals surface area contributed by atoms with Crippen LogP contribution in [0.4, 0.5) is 11.4 Å². The van der Waals surface area contributed by atoms with Gasteiger partial charge in [-0.15, -0.1) is 0 Å². The highest BCUT2D eigenvalue weighted by molar-refractivity contribution is 7.92. The second-order valence-electron chi connectivity index (χ2n) is 9.39. The molecule has 0 saturated carbocycles. The standard InChI is InChI=1S/C30H28N2O7S2/c1-21-3-15-27(16-4-21)40(35,36)19-29(33)31-23-7-11-25(12-8-23)39-26-13-9-24(10-14-26)32-30(34)20-41(37,38)28-17-5-22(2)6-18-28/h3-18H,19-20H2,1-2H3,(H,31,33)(H,32,34). The zero-order chi connectivity index (χ0) is 29.6. The molecule has 0 radical (unpaired) electrons. The van der Waals surface area contributed by atoms with E-state index in [1.807, 2.05) is 13.8 Å². The summed E-state index contributed by atoms with van der Waals surface area (Å²) in [6, 6.07) is 25.3. The van der Waals surface area contributed by atoms with Crippen LogP contribution in [0, 0.1) is 13.8 Å². The summed E-state index contributed by atoms with van der Waals surface area (Å²) >= 11 is 0. The SMILES string of the molecule is Cc1ccc(S(=O)(=O)CC(=O)Nc2ccc(Oc3ccc(NC(=O)CS(=O)(=O)c4ccc(C)cc4)cc3)cc2)cc1. The summed E-state index contributed by atoms with van der Waals surface area (Å²) in [4.78, 5) is 24.8. The molecule has 0 aliphatic heterocycles. The number of sulfone groups is 2. The van der Waals surface area contributed by atoms with Crippen LogP contribution in [-0.4, -0.2) is 40.2 Å². The van der Waals surface area contributed by atoms with Gasteiger partial charge in [0.25, 0.3) is 0 Å². The van der Waals surface area contributed by atoms with Gasteiger partial charge in [0, 0.05) is 11.4 Å². The van der Waals surface area contributed by atoms with Crippen molar-refractivity contribution in [3.8, 4) is 11.5 Å². The molecule has 0 aliphatic rings. The van der Waals surface area contributed by atoms with Gasteiger partial charge >= 0.3 is 0 Å². The smallest absolute Gasteiger partial charge is 0.239 e. The van der Waals surface area contributed by atoms with Gasteiger partial charge in [-0.3, -0.25) is 9.59 Å². The number of rotatable bonds is 10. The fraction of sp³-hybridized carbons (Fsp3) is 0.133. The molecule has 0 saturated heterocycles.